The van der Waals surface area contributed by atoms with E-state index < -0.39 is 10.0 Å². The van der Waals surface area contributed by atoms with Crippen molar-refractivity contribution in [2.45, 2.75) is 45.6 Å². The van der Waals surface area contributed by atoms with E-state index >= 15 is 0 Å². The van der Waals surface area contributed by atoms with Gasteiger partial charge in [-0.15, -0.1) is 0 Å². The Labute approximate surface area is 182 Å². The fraction of sp³-hybridized carbons (Fsp3) is 0.500. The zero-order chi connectivity index (χ0) is 22.6. The lowest BCUT2D eigenvalue weighted by Gasteiger charge is -2.19. The van der Waals surface area contributed by atoms with E-state index in [2.05, 4.69) is 48.8 Å². The molecule has 0 aliphatic rings. The predicted octanol–water partition coefficient (Wildman–Crippen LogP) is 2.28. The maximum atomic E-state index is 11.7. The van der Waals surface area contributed by atoms with E-state index in [1.54, 1.807) is 6.20 Å². The van der Waals surface area contributed by atoms with Gasteiger partial charge in [0.15, 0.2) is 0 Å². The second-order valence-corrected chi connectivity index (χ2v) is 9.92. The Balaban J connectivity index is 1.89. The summed E-state index contributed by atoms with van der Waals surface area (Å²) in [5.74, 6) is 1.02. The van der Waals surface area contributed by atoms with Gasteiger partial charge >= 0.3 is 0 Å². The number of aliphatic hydroxyl groups excluding tert-OH is 1. The summed E-state index contributed by atoms with van der Waals surface area (Å²) in [7, 11) is -3.56. The van der Waals surface area contributed by atoms with E-state index in [0.717, 1.165) is 22.9 Å². The summed E-state index contributed by atoms with van der Waals surface area (Å²) in [6, 6.07) is 3.63. The molecular formula is C20H29N7O3S. The molecule has 3 rings (SSSR count). The van der Waals surface area contributed by atoms with E-state index in [4.69, 9.17) is 0 Å². The number of H-pyrrole nitrogens is 1. The van der Waals surface area contributed by atoms with Crippen LogP contribution in [0.5, 0.6) is 0 Å². The first-order valence-corrected chi connectivity index (χ1v) is 12.1. The van der Waals surface area contributed by atoms with Gasteiger partial charge in [-0.05, 0) is 36.0 Å². The van der Waals surface area contributed by atoms with Crippen LogP contribution in [-0.2, 0) is 16.4 Å². The van der Waals surface area contributed by atoms with Crippen molar-refractivity contribution in [2.75, 3.05) is 22.9 Å². The average Bonchev–Trinajstić information content (AvgIpc) is 3.09. The van der Waals surface area contributed by atoms with Crippen LogP contribution in [0.4, 0.5) is 11.9 Å². The Morgan fingerprint density at radius 1 is 1.16 bits per heavy atom. The van der Waals surface area contributed by atoms with E-state index in [1.165, 1.54) is 0 Å². The van der Waals surface area contributed by atoms with E-state index in [0.29, 0.717) is 24.6 Å². The maximum absolute atomic E-state index is 11.7. The van der Waals surface area contributed by atoms with Gasteiger partial charge in [-0.2, -0.15) is 15.0 Å². The fourth-order valence-corrected chi connectivity index (χ4v) is 3.91. The second kappa shape index (κ2) is 9.56. The normalized spacial score (nSPS) is 14.0. The Hall–Kier alpha value is -2.79. The molecule has 0 spiro atoms. The molecule has 3 aromatic heterocycles. The lowest BCUT2D eigenvalue weighted by Crippen LogP contribution is -2.27. The van der Waals surface area contributed by atoms with Crippen LogP contribution in [0.25, 0.3) is 11.0 Å². The van der Waals surface area contributed by atoms with Gasteiger partial charge < -0.3 is 15.4 Å². The molecule has 1 unspecified atom stereocenters. The fourth-order valence-electron chi connectivity index (χ4n) is 3.49. The quantitative estimate of drug-likeness (QED) is 0.370. The number of aromatic amines is 1. The number of hydrogen-bond donors (Lipinski definition) is 4. The molecule has 31 heavy (non-hydrogen) atoms. The number of pyridine rings is 1. The number of anilines is 2. The molecule has 2 atom stereocenters. The Morgan fingerprint density at radius 2 is 1.90 bits per heavy atom. The highest BCUT2D eigenvalue weighted by molar-refractivity contribution is 7.91. The SMILES string of the molecule is CC(C)C[C@H](CO)Nc1nc(CC(C)c2c[nH]c3ncccc23)nc(NS(C)(=O)=O)n1. The molecule has 168 valence electrons. The van der Waals surface area contributed by atoms with E-state index in [-0.39, 0.29) is 30.5 Å². The Morgan fingerprint density at radius 3 is 2.58 bits per heavy atom. The van der Waals surface area contributed by atoms with Crippen molar-refractivity contribution in [1.82, 2.24) is 24.9 Å². The molecule has 0 saturated carbocycles. The molecule has 10 nitrogen and oxygen atoms in total. The van der Waals surface area contributed by atoms with Gasteiger partial charge in [0.05, 0.1) is 18.9 Å². The molecule has 0 fully saturated rings. The van der Waals surface area contributed by atoms with Crippen molar-refractivity contribution in [2.24, 2.45) is 5.92 Å². The first kappa shape index (κ1) is 22.9. The summed E-state index contributed by atoms with van der Waals surface area (Å²) in [5, 5.41) is 13.8. The number of hydrogen-bond acceptors (Lipinski definition) is 8. The first-order valence-electron chi connectivity index (χ1n) is 10.2. The van der Waals surface area contributed by atoms with Crippen molar-refractivity contribution in [3.05, 3.63) is 35.9 Å². The minimum atomic E-state index is -3.56. The van der Waals surface area contributed by atoms with Gasteiger partial charge in [0.2, 0.25) is 21.9 Å². The van der Waals surface area contributed by atoms with Gasteiger partial charge in [-0.1, -0.05) is 20.8 Å². The molecule has 0 aromatic carbocycles. The summed E-state index contributed by atoms with van der Waals surface area (Å²) in [4.78, 5) is 20.5. The monoisotopic (exact) mass is 447 g/mol. The third kappa shape index (κ3) is 6.34. The molecular weight excluding hydrogens is 418 g/mol. The van der Waals surface area contributed by atoms with E-state index in [9.17, 15) is 13.5 Å². The number of nitrogens with zero attached hydrogens (tertiary/aromatic N) is 4. The third-order valence-electron chi connectivity index (χ3n) is 4.77. The molecule has 0 amide bonds. The highest BCUT2D eigenvalue weighted by Crippen LogP contribution is 2.26. The second-order valence-electron chi connectivity index (χ2n) is 8.18. The Bertz CT molecular complexity index is 1130. The van der Waals surface area contributed by atoms with Crippen LogP contribution >= 0.6 is 0 Å². The average molecular weight is 448 g/mol. The minimum absolute atomic E-state index is 0.0450. The van der Waals surface area contributed by atoms with E-state index in [1.807, 2.05) is 25.3 Å². The van der Waals surface area contributed by atoms with Gasteiger partial charge in [-0.3, -0.25) is 4.72 Å². The number of rotatable bonds is 10. The summed E-state index contributed by atoms with van der Waals surface area (Å²) >= 11 is 0. The number of fused-ring (bicyclic) bond motifs is 1. The maximum Gasteiger partial charge on any atom is 0.241 e. The lowest BCUT2D eigenvalue weighted by molar-refractivity contribution is 0.259. The van der Waals surface area contributed by atoms with Gasteiger partial charge in [0.25, 0.3) is 0 Å². The summed E-state index contributed by atoms with van der Waals surface area (Å²) < 4.78 is 25.8. The number of aliphatic hydroxyl groups is 1. The van der Waals surface area contributed by atoms with Crippen molar-refractivity contribution in [3.8, 4) is 0 Å². The zero-order valence-corrected chi connectivity index (χ0v) is 18.9. The molecule has 3 aromatic rings. The van der Waals surface area contributed by atoms with Crippen LogP contribution in [0.2, 0.25) is 0 Å². The van der Waals surface area contributed by atoms with Crippen LogP contribution < -0.4 is 10.0 Å². The van der Waals surface area contributed by atoms with Crippen molar-refractivity contribution >= 4 is 33.0 Å². The molecule has 4 N–H and O–H groups in total. The number of aromatic nitrogens is 5. The standard InChI is InChI=1S/C20H29N7O3S/c1-12(2)8-14(11-28)23-19-24-17(25-20(26-19)27-31(4,29)30)9-13(3)16-10-22-18-15(16)6-5-7-21-18/h5-7,10,12-14,28H,8-9,11H2,1-4H3,(H,21,22)(H2,23,24,25,26,27)/t13?,14-/m1/s1. The summed E-state index contributed by atoms with van der Waals surface area (Å²) in [6.07, 6.45) is 5.87. The summed E-state index contributed by atoms with van der Waals surface area (Å²) in [6.45, 7) is 6.06. The molecule has 3 heterocycles. The minimum Gasteiger partial charge on any atom is -0.394 e. The number of sulfonamides is 1. The van der Waals surface area contributed by atoms with Crippen LogP contribution in [-0.4, -0.2) is 57.3 Å². The largest absolute Gasteiger partial charge is 0.394 e. The molecule has 0 saturated heterocycles. The van der Waals surface area contributed by atoms with Crippen LogP contribution in [0.15, 0.2) is 24.5 Å². The smallest absolute Gasteiger partial charge is 0.241 e. The highest BCUT2D eigenvalue weighted by atomic mass is 32.2. The van der Waals surface area contributed by atoms with Crippen LogP contribution in [0, 0.1) is 5.92 Å². The molecule has 0 bridgehead atoms. The van der Waals surface area contributed by atoms with Crippen molar-refractivity contribution < 1.29 is 13.5 Å². The third-order valence-corrected chi connectivity index (χ3v) is 5.32. The molecule has 0 radical (unpaired) electrons. The van der Waals surface area contributed by atoms with Crippen molar-refractivity contribution in [3.63, 3.8) is 0 Å². The molecule has 11 heteroatoms. The van der Waals surface area contributed by atoms with Gasteiger partial charge in [0.1, 0.15) is 11.5 Å². The summed E-state index contributed by atoms with van der Waals surface area (Å²) in [5.41, 5.74) is 1.88. The van der Waals surface area contributed by atoms with Gasteiger partial charge in [-0.25, -0.2) is 13.4 Å². The first-order chi connectivity index (χ1) is 14.6. The van der Waals surface area contributed by atoms with Crippen molar-refractivity contribution in [1.29, 1.82) is 0 Å². The topological polar surface area (TPSA) is 146 Å². The predicted molar refractivity (Wildman–Crippen MR) is 120 cm³/mol. The van der Waals surface area contributed by atoms with Crippen LogP contribution in [0.1, 0.15) is 44.5 Å². The Kier molecular flexibility index (Phi) is 7.06. The molecule has 0 aliphatic heterocycles. The lowest BCUT2D eigenvalue weighted by atomic mass is 9.97. The van der Waals surface area contributed by atoms with Crippen LogP contribution in [0.3, 0.4) is 0 Å². The molecule has 0 aliphatic carbocycles. The highest BCUT2D eigenvalue weighted by Gasteiger charge is 2.18. The zero-order valence-electron chi connectivity index (χ0n) is 18.1. The number of nitrogens with one attached hydrogen (secondary N) is 3. The van der Waals surface area contributed by atoms with Gasteiger partial charge in [0, 0.05) is 24.2 Å².